The molecule has 0 saturated heterocycles. The van der Waals surface area contributed by atoms with Crippen LogP contribution in [0.5, 0.6) is 0 Å². The predicted octanol–water partition coefficient (Wildman–Crippen LogP) is 3.91. The van der Waals surface area contributed by atoms with Crippen molar-refractivity contribution in [3.05, 3.63) is 29.3 Å². The van der Waals surface area contributed by atoms with Crippen LogP contribution in [0.1, 0.15) is 36.8 Å². The van der Waals surface area contributed by atoms with Crippen LogP contribution in [0.25, 0.3) is 0 Å². The topological polar surface area (TPSA) is 26.0 Å². The summed E-state index contributed by atoms with van der Waals surface area (Å²) in [5.41, 5.74) is 9.02. The smallest absolute Gasteiger partial charge is 0.0162 e. The first-order valence-corrected chi connectivity index (χ1v) is 7.61. The van der Waals surface area contributed by atoms with Crippen LogP contribution in [0, 0.1) is 19.8 Å². The van der Waals surface area contributed by atoms with Gasteiger partial charge >= 0.3 is 0 Å². The molecule has 0 heterocycles. The molecule has 1 aliphatic carbocycles. The maximum atomic E-state index is 6.27. The van der Waals surface area contributed by atoms with Crippen LogP contribution < -0.4 is 5.73 Å². The van der Waals surface area contributed by atoms with Gasteiger partial charge in [-0.05, 0) is 55.9 Å². The summed E-state index contributed by atoms with van der Waals surface area (Å²) < 4.78 is 0. The fourth-order valence-corrected chi connectivity index (χ4v) is 3.60. The zero-order valence-corrected chi connectivity index (χ0v) is 11.7. The van der Waals surface area contributed by atoms with Gasteiger partial charge in [-0.15, -0.1) is 11.8 Å². The molecule has 17 heavy (non-hydrogen) atoms. The predicted molar refractivity (Wildman–Crippen MR) is 76.6 cm³/mol. The van der Waals surface area contributed by atoms with Crippen molar-refractivity contribution in [2.24, 2.45) is 11.7 Å². The molecular weight excluding hydrogens is 226 g/mol. The number of thioether (sulfide) groups is 1. The van der Waals surface area contributed by atoms with Gasteiger partial charge in [-0.3, -0.25) is 0 Å². The van der Waals surface area contributed by atoms with Gasteiger partial charge in [0.1, 0.15) is 0 Å². The third kappa shape index (κ3) is 3.49. The van der Waals surface area contributed by atoms with E-state index in [1.54, 1.807) is 0 Å². The van der Waals surface area contributed by atoms with Gasteiger partial charge in [0, 0.05) is 16.7 Å². The SMILES string of the molecule is Cc1ccc(SCC(N)C2CCCC2)cc1C. The summed E-state index contributed by atoms with van der Waals surface area (Å²) >= 11 is 1.91. The summed E-state index contributed by atoms with van der Waals surface area (Å²) in [4.78, 5) is 1.36. The average molecular weight is 249 g/mol. The molecule has 0 amide bonds. The Morgan fingerprint density at radius 3 is 2.59 bits per heavy atom. The molecule has 0 radical (unpaired) electrons. The van der Waals surface area contributed by atoms with Crippen molar-refractivity contribution in [2.45, 2.75) is 50.5 Å². The quantitative estimate of drug-likeness (QED) is 0.819. The van der Waals surface area contributed by atoms with Crippen LogP contribution in [-0.2, 0) is 0 Å². The van der Waals surface area contributed by atoms with Crippen LogP contribution in [0.2, 0.25) is 0 Å². The molecule has 1 saturated carbocycles. The average Bonchev–Trinajstić information content (AvgIpc) is 2.84. The fourth-order valence-electron chi connectivity index (χ4n) is 2.52. The van der Waals surface area contributed by atoms with Gasteiger partial charge in [0.05, 0.1) is 0 Å². The van der Waals surface area contributed by atoms with Gasteiger partial charge in [0.2, 0.25) is 0 Å². The molecule has 0 spiro atoms. The third-order valence-electron chi connectivity index (χ3n) is 3.93. The molecule has 1 fully saturated rings. The molecule has 1 aromatic carbocycles. The Labute approximate surface area is 109 Å². The van der Waals surface area contributed by atoms with Gasteiger partial charge in [0.15, 0.2) is 0 Å². The standard InChI is InChI=1S/C15H23NS/c1-11-7-8-14(9-12(11)2)17-10-15(16)13-5-3-4-6-13/h7-9,13,15H,3-6,10,16H2,1-2H3. The number of hydrogen-bond donors (Lipinski definition) is 1. The van der Waals surface area contributed by atoms with E-state index in [1.165, 1.54) is 41.7 Å². The molecule has 94 valence electrons. The van der Waals surface area contributed by atoms with Crippen molar-refractivity contribution in [1.29, 1.82) is 0 Å². The first kappa shape index (κ1) is 13.0. The minimum Gasteiger partial charge on any atom is -0.327 e. The molecule has 0 aromatic heterocycles. The largest absolute Gasteiger partial charge is 0.327 e. The minimum absolute atomic E-state index is 0.379. The van der Waals surface area contributed by atoms with Crippen LogP contribution in [0.4, 0.5) is 0 Å². The first-order chi connectivity index (χ1) is 8.16. The summed E-state index contributed by atoms with van der Waals surface area (Å²) in [5, 5.41) is 0. The molecule has 2 N–H and O–H groups in total. The zero-order valence-electron chi connectivity index (χ0n) is 10.9. The molecule has 1 unspecified atom stereocenters. The summed E-state index contributed by atoms with van der Waals surface area (Å²) in [6, 6.07) is 7.08. The van der Waals surface area contributed by atoms with Crippen molar-refractivity contribution < 1.29 is 0 Å². The second kappa shape index (κ2) is 5.92. The van der Waals surface area contributed by atoms with Crippen molar-refractivity contribution in [2.75, 3.05) is 5.75 Å². The Morgan fingerprint density at radius 1 is 1.24 bits per heavy atom. The van der Waals surface area contributed by atoms with E-state index in [0.717, 1.165) is 11.7 Å². The Bertz CT molecular complexity index is 369. The van der Waals surface area contributed by atoms with E-state index in [-0.39, 0.29) is 0 Å². The highest BCUT2D eigenvalue weighted by molar-refractivity contribution is 7.99. The van der Waals surface area contributed by atoms with Crippen LogP contribution in [-0.4, -0.2) is 11.8 Å². The lowest BCUT2D eigenvalue weighted by atomic mass is 10.0. The van der Waals surface area contributed by atoms with Gasteiger partial charge < -0.3 is 5.73 Å². The van der Waals surface area contributed by atoms with E-state index in [2.05, 4.69) is 32.0 Å². The highest BCUT2D eigenvalue weighted by atomic mass is 32.2. The molecule has 0 bridgehead atoms. The molecule has 0 aliphatic heterocycles. The molecule has 1 nitrogen and oxygen atoms in total. The third-order valence-corrected chi connectivity index (χ3v) is 5.06. The van der Waals surface area contributed by atoms with Crippen LogP contribution in [0.3, 0.4) is 0 Å². The Hall–Kier alpha value is -0.470. The van der Waals surface area contributed by atoms with Gasteiger partial charge in [-0.2, -0.15) is 0 Å². The lowest BCUT2D eigenvalue weighted by Gasteiger charge is -2.18. The molecular formula is C15H23NS. The molecule has 2 rings (SSSR count). The Kier molecular flexibility index (Phi) is 4.52. The number of nitrogens with two attached hydrogens (primary N) is 1. The minimum atomic E-state index is 0.379. The fraction of sp³-hybridized carbons (Fsp3) is 0.600. The highest BCUT2D eigenvalue weighted by Crippen LogP contribution is 2.30. The van der Waals surface area contributed by atoms with E-state index >= 15 is 0 Å². The molecule has 2 heteroatoms. The Balaban J connectivity index is 1.86. The van der Waals surface area contributed by atoms with Crippen molar-refractivity contribution >= 4 is 11.8 Å². The van der Waals surface area contributed by atoms with Gasteiger partial charge in [-0.25, -0.2) is 0 Å². The lowest BCUT2D eigenvalue weighted by Crippen LogP contribution is -2.30. The number of rotatable bonds is 4. The number of hydrogen-bond acceptors (Lipinski definition) is 2. The summed E-state index contributed by atoms with van der Waals surface area (Å²) in [6.07, 6.45) is 5.45. The lowest BCUT2D eigenvalue weighted by molar-refractivity contribution is 0.463. The van der Waals surface area contributed by atoms with Crippen LogP contribution >= 0.6 is 11.8 Å². The zero-order chi connectivity index (χ0) is 12.3. The second-order valence-electron chi connectivity index (χ2n) is 5.27. The van der Waals surface area contributed by atoms with Gasteiger partial charge in [0.25, 0.3) is 0 Å². The van der Waals surface area contributed by atoms with E-state index in [0.29, 0.717) is 6.04 Å². The highest BCUT2D eigenvalue weighted by Gasteiger charge is 2.21. The normalized spacial score (nSPS) is 18.5. The van der Waals surface area contributed by atoms with E-state index in [9.17, 15) is 0 Å². The van der Waals surface area contributed by atoms with E-state index in [4.69, 9.17) is 5.73 Å². The maximum Gasteiger partial charge on any atom is 0.0162 e. The van der Waals surface area contributed by atoms with Crippen LogP contribution in [0.15, 0.2) is 23.1 Å². The van der Waals surface area contributed by atoms with Gasteiger partial charge in [-0.1, -0.05) is 18.9 Å². The molecule has 1 aliphatic rings. The Morgan fingerprint density at radius 2 is 1.94 bits per heavy atom. The monoisotopic (exact) mass is 249 g/mol. The maximum absolute atomic E-state index is 6.27. The van der Waals surface area contributed by atoms with E-state index in [1.807, 2.05) is 11.8 Å². The first-order valence-electron chi connectivity index (χ1n) is 6.62. The van der Waals surface area contributed by atoms with Crippen molar-refractivity contribution in [3.63, 3.8) is 0 Å². The summed E-state index contributed by atoms with van der Waals surface area (Å²) in [5.74, 6) is 1.83. The summed E-state index contributed by atoms with van der Waals surface area (Å²) in [6.45, 7) is 4.34. The molecule has 1 aromatic rings. The number of aryl methyl sites for hydroxylation is 2. The number of benzene rings is 1. The van der Waals surface area contributed by atoms with E-state index < -0.39 is 0 Å². The van der Waals surface area contributed by atoms with Crippen molar-refractivity contribution in [1.82, 2.24) is 0 Å². The van der Waals surface area contributed by atoms with Crippen molar-refractivity contribution in [3.8, 4) is 0 Å². The summed E-state index contributed by atoms with van der Waals surface area (Å²) in [7, 11) is 0. The second-order valence-corrected chi connectivity index (χ2v) is 6.36. The molecule has 1 atom stereocenters.